The van der Waals surface area contributed by atoms with Crippen molar-refractivity contribution in [2.45, 2.75) is 12.8 Å². The topological polar surface area (TPSA) is 29.1 Å². The quantitative estimate of drug-likeness (QED) is 0.791. The molecule has 1 N–H and O–H groups in total. The molecule has 0 spiro atoms. The Labute approximate surface area is 80.9 Å². The second-order valence-electron chi connectivity index (χ2n) is 2.80. The van der Waals surface area contributed by atoms with Gasteiger partial charge in [-0.25, -0.2) is 0 Å². The van der Waals surface area contributed by atoms with Crippen molar-refractivity contribution in [2.75, 3.05) is 6.54 Å². The molecule has 0 aliphatic heterocycles. The molecule has 1 amide bonds. The van der Waals surface area contributed by atoms with Crippen LogP contribution in [0, 0.1) is 0 Å². The first-order valence-corrected chi connectivity index (χ1v) is 4.30. The van der Waals surface area contributed by atoms with E-state index in [0.29, 0.717) is 0 Å². The zero-order valence-corrected chi connectivity index (χ0v) is 7.76. The fourth-order valence-electron chi connectivity index (χ4n) is 1.05. The highest BCUT2D eigenvalue weighted by atomic mass is 19.3. The summed E-state index contributed by atoms with van der Waals surface area (Å²) in [6.07, 6.45) is 0. The van der Waals surface area contributed by atoms with Gasteiger partial charge in [0.05, 0.1) is 0 Å². The SMILES string of the molecule is CCNC(=O)C(F)(F)c1ccccc1. The van der Waals surface area contributed by atoms with E-state index in [1.54, 1.807) is 13.0 Å². The predicted octanol–water partition coefficient (Wildman–Crippen LogP) is 1.91. The minimum absolute atomic E-state index is 0.196. The lowest BCUT2D eigenvalue weighted by Crippen LogP contribution is -2.37. The number of alkyl halides is 2. The van der Waals surface area contributed by atoms with E-state index >= 15 is 0 Å². The molecule has 76 valence electrons. The molecule has 0 aromatic heterocycles. The van der Waals surface area contributed by atoms with E-state index in [2.05, 4.69) is 5.32 Å². The van der Waals surface area contributed by atoms with E-state index in [-0.39, 0.29) is 12.1 Å². The summed E-state index contributed by atoms with van der Waals surface area (Å²) in [5.41, 5.74) is -0.286. The van der Waals surface area contributed by atoms with E-state index in [1.807, 2.05) is 0 Å². The Bertz CT molecular complexity index is 311. The third-order valence-corrected chi connectivity index (χ3v) is 1.76. The number of benzene rings is 1. The molecule has 0 bridgehead atoms. The highest BCUT2D eigenvalue weighted by Gasteiger charge is 2.40. The van der Waals surface area contributed by atoms with E-state index in [1.165, 1.54) is 24.3 Å². The molecule has 0 atom stereocenters. The third kappa shape index (κ3) is 2.07. The number of amides is 1. The molecule has 0 saturated carbocycles. The first-order valence-electron chi connectivity index (χ1n) is 4.30. The minimum atomic E-state index is -3.45. The Balaban J connectivity index is 2.90. The maximum Gasteiger partial charge on any atom is 0.349 e. The average Bonchev–Trinajstić information content (AvgIpc) is 2.19. The highest BCUT2D eigenvalue weighted by Crippen LogP contribution is 2.27. The van der Waals surface area contributed by atoms with Gasteiger partial charge < -0.3 is 5.32 Å². The van der Waals surface area contributed by atoms with Gasteiger partial charge in [0.25, 0.3) is 5.91 Å². The lowest BCUT2D eigenvalue weighted by molar-refractivity contribution is -0.146. The summed E-state index contributed by atoms with van der Waals surface area (Å²) in [5, 5.41) is 2.10. The molecule has 0 fully saturated rings. The van der Waals surface area contributed by atoms with Gasteiger partial charge in [-0.2, -0.15) is 8.78 Å². The smallest absolute Gasteiger partial charge is 0.349 e. The molecule has 0 radical (unpaired) electrons. The summed E-state index contributed by atoms with van der Waals surface area (Å²) in [7, 11) is 0. The molecule has 1 rings (SSSR count). The van der Waals surface area contributed by atoms with E-state index in [0.717, 1.165) is 0 Å². The van der Waals surface area contributed by atoms with Crippen LogP contribution < -0.4 is 5.32 Å². The maximum absolute atomic E-state index is 13.3. The van der Waals surface area contributed by atoms with Crippen LogP contribution in [0.15, 0.2) is 30.3 Å². The predicted molar refractivity (Wildman–Crippen MR) is 49.0 cm³/mol. The molecule has 4 heteroatoms. The Morgan fingerprint density at radius 2 is 1.93 bits per heavy atom. The van der Waals surface area contributed by atoms with Crippen molar-refractivity contribution in [3.63, 3.8) is 0 Å². The largest absolute Gasteiger partial charge is 0.351 e. The van der Waals surface area contributed by atoms with Crippen LogP contribution in [0.4, 0.5) is 8.78 Å². The van der Waals surface area contributed by atoms with Gasteiger partial charge in [-0.1, -0.05) is 30.3 Å². The molecule has 1 aromatic rings. The molecular weight excluding hydrogens is 188 g/mol. The molecule has 1 aromatic carbocycles. The second kappa shape index (κ2) is 4.17. The second-order valence-corrected chi connectivity index (χ2v) is 2.80. The summed E-state index contributed by atoms with van der Waals surface area (Å²) < 4.78 is 26.6. The van der Waals surface area contributed by atoms with Gasteiger partial charge in [-0.05, 0) is 6.92 Å². The summed E-state index contributed by atoms with van der Waals surface area (Å²) in [5.74, 6) is -4.71. The van der Waals surface area contributed by atoms with Gasteiger partial charge in [0.2, 0.25) is 0 Å². The van der Waals surface area contributed by atoms with E-state index < -0.39 is 11.8 Å². The van der Waals surface area contributed by atoms with Gasteiger partial charge >= 0.3 is 5.92 Å². The molecule has 0 unspecified atom stereocenters. The lowest BCUT2D eigenvalue weighted by atomic mass is 10.1. The van der Waals surface area contributed by atoms with Crippen LogP contribution in [-0.4, -0.2) is 12.5 Å². The van der Waals surface area contributed by atoms with Gasteiger partial charge in [-0.15, -0.1) is 0 Å². The van der Waals surface area contributed by atoms with Crippen molar-refractivity contribution in [3.8, 4) is 0 Å². The zero-order chi connectivity index (χ0) is 10.6. The van der Waals surface area contributed by atoms with Gasteiger partial charge in [0.1, 0.15) is 0 Å². The molecule has 0 aliphatic carbocycles. The van der Waals surface area contributed by atoms with E-state index in [4.69, 9.17) is 0 Å². The van der Waals surface area contributed by atoms with E-state index in [9.17, 15) is 13.6 Å². The van der Waals surface area contributed by atoms with Gasteiger partial charge in [0.15, 0.2) is 0 Å². The Hall–Kier alpha value is -1.45. The average molecular weight is 199 g/mol. The van der Waals surface area contributed by atoms with Crippen molar-refractivity contribution < 1.29 is 13.6 Å². The molecule has 0 aliphatic rings. The number of hydrogen-bond acceptors (Lipinski definition) is 1. The Morgan fingerprint density at radius 1 is 1.36 bits per heavy atom. The van der Waals surface area contributed by atoms with Crippen LogP contribution in [0.2, 0.25) is 0 Å². The number of carbonyl (C=O) groups is 1. The molecule has 14 heavy (non-hydrogen) atoms. The van der Waals surface area contributed by atoms with Crippen molar-refractivity contribution in [1.29, 1.82) is 0 Å². The zero-order valence-electron chi connectivity index (χ0n) is 7.76. The molecule has 0 saturated heterocycles. The van der Waals surface area contributed by atoms with Crippen molar-refractivity contribution in [1.82, 2.24) is 5.32 Å². The first kappa shape index (κ1) is 10.6. The fourth-order valence-corrected chi connectivity index (χ4v) is 1.05. The van der Waals surface area contributed by atoms with Crippen LogP contribution in [0.5, 0.6) is 0 Å². The number of nitrogens with one attached hydrogen (secondary N) is 1. The van der Waals surface area contributed by atoms with Crippen LogP contribution >= 0.6 is 0 Å². The number of halogens is 2. The highest BCUT2D eigenvalue weighted by molar-refractivity contribution is 5.84. The monoisotopic (exact) mass is 199 g/mol. The van der Waals surface area contributed by atoms with Crippen molar-refractivity contribution >= 4 is 5.91 Å². The van der Waals surface area contributed by atoms with Crippen LogP contribution in [0.3, 0.4) is 0 Å². The third-order valence-electron chi connectivity index (χ3n) is 1.76. The fraction of sp³-hybridized carbons (Fsp3) is 0.300. The number of hydrogen-bond donors (Lipinski definition) is 1. The molecular formula is C10H11F2NO. The van der Waals surface area contributed by atoms with Crippen molar-refractivity contribution in [3.05, 3.63) is 35.9 Å². The first-order chi connectivity index (χ1) is 6.59. The Morgan fingerprint density at radius 3 is 2.43 bits per heavy atom. The maximum atomic E-state index is 13.3. The van der Waals surface area contributed by atoms with Gasteiger partial charge in [-0.3, -0.25) is 4.79 Å². The van der Waals surface area contributed by atoms with Crippen LogP contribution in [0.1, 0.15) is 12.5 Å². The lowest BCUT2D eigenvalue weighted by Gasteiger charge is -2.15. The summed E-state index contributed by atoms with van der Waals surface area (Å²) in [6.45, 7) is 1.79. The van der Waals surface area contributed by atoms with Gasteiger partial charge in [0, 0.05) is 12.1 Å². The van der Waals surface area contributed by atoms with Crippen LogP contribution in [0.25, 0.3) is 0 Å². The summed E-state index contributed by atoms with van der Waals surface area (Å²) >= 11 is 0. The molecule has 0 heterocycles. The normalized spacial score (nSPS) is 11.1. The summed E-state index contributed by atoms with van der Waals surface area (Å²) in [4.78, 5) is 11.0. The number of carbonyl (C=O) groups excluding carboxylic acids is 1. The number of rotatable bonds is 3. The van der Waals surface area contributed by atoms with Crippen LogP contribution in [-0.2, 0) is 10.7 Å². The standard InChI is InChI=1S/C10H11F2NO/c1-2-13-9(14)10(11,12)8-6-4-3-5-7-8/h3-7H,2H2,1H3,(H,13,14). The number of likely N-dealkylation sites (N-methyl/N-ethyl adjacent to an activating group) is 1. The Kier molecular flexibility index (Phi) is 3.17. The summed E-state index contributed by atoms with van der Waals surface area (Å²) in [6, 6.07) is 7.03. The molecule has 2 nitrogen and oxygen atoms in total. The van der Waals surface area contributed by atoms with Crippen molar-refractivity contribution in [2.24, 2.45) is 0 Å². The minimum Gasteiger partial charge on any atom is -0.351 e.